The molecule has 0 bridgehead atoms. The van der Waals surface area contributed by atoms with Crippen LogP contribution in [0, 0.1) is 34.5 Å². The minimum Gasteiger partial charge on any atom is -0.462 e. The molecule has 0 radical (unpaired) electrons. The molecule has 0 amide bonds. The Balaban J connectivity index is 1.39. The number of Topliss-reactive ketones (excluding diaryl/α,β-unsaturated/α-hetero) is 1. The van der Waals surface area contributed by atoms with Gasteiger partial charge < -0.3 is 9.47 Å². The van der Waals surface area contributed by atoms with Gasteiger partial charge in [-0.3, -0.25) is 9.59 Å². The van der Waals surface area contributed by atoms with E-state index in [1.807, 2.05) is 6.92 Å². The van der Waals surface area contributed by atoms with Gasteiger partial charge in [0.15, 0.2) is 0 Å². The number of hydrogen-bond donors (Lipinski definition) is 0. The van der Waals surface area contributed by atoms with E-state index in [0.717, 1.165) is 44.9 Å². The Morgan fingerprint density at radius 2 is 1.93 bits per heavy atom. The summed E-state index contributed by atoms with van der Waals surface area (Å²) < 4.78 is 11.8. The van der Waals surface area contributed by atoms with Crippen molar-refractivity contribution in [3.8, 4) is 0 Å². The minimum absolute atomic E-state index is 0.0394. The van der Waals surface area contributed by atoms with Crippen molar-refractivity contribution < 1.29 is 19.1 Å². The van der Waals surface area contributed by atoms with E-state index in [-0.39, 0.29) is 28.8 Å². The molecule has 5 rings (SSSR count). The average molecular weight is 375 g/mol. The van der Waals surface area contributed by atoms with E-state index >= 15 is 0 Å². The highest BCUT2D eigenvalue weighted by Gasteiger charge is 2.66. The fraction of sp³-hybridized carbons (Fsp3) is 0.913. The SMILES string of the molecule is CCCC(=O)O[C@H]1CC[C@H]2[C@@H]3CC(=O)[C@H]4C[C@@H]5O[C@@H]5C[C@]4(C)[C@H]3CC[C@]12C. The molecule has 0 N–H and O–H groups in total. The van der Waals surface area contributed by atoms with Gasteiger partial charge in [-0.05, 0) is 68.1 Å². The van der Waals surface area contributed by atoms with Crippen LogP contribution in [0.2, 0.25) is 0 Å². The van der Waals surface area contributed by atoms with Gasteiger partial charge in [-0.1, -0.05) is 20.8 Å². The van der Waals surface area contributed by atoms with E-state index in [0.29, 0.717) is 42.2 Å². The largest absolute Gasteiger partial charge is 0.462 e. The molecule has 1 saturated heterocycles. The zero-order valence-corrected chi connectivity index (χ0v) is 17.0. The lowest BCUT2D eigenvalue weighted by molar-refractivity contribution is -0.167. The predicted octanol–water partition coefficient (Wildman–Crippen LogP) is 4.30. The van der Waals surface area contributed by atoms with Crippen LogP contribution < -0.4 is 0 Å². The molecule has 4 aliphatic carbocycles. The Labute approximate surface area is 162 Å². The Kier molecular flexibility index (Phi) is 4.06. The standard InChI is InChI=1S/C23H34O4/c1-4-5-21(25)27-20-7-6-14-13-10-17(24)16-11-18-19(26-18)12-23(16,3)15(13)8-9-22(14,20)2/h13-16,18-20H,4-12H2,1-3H3/t13-,14-,15-,16+,18-,19+,20-,22-,23+/m0/s1. The van der Waals surface area contributed by atoms with Crippen LogP contribution in [0.15, 0.2) is 0 Å². The van der Waals surface area contributed by atoms with E-state index < -0.39 is 0 Å². The van der Waals surface area contributed by atoms with Gasteiger partial charge in [0.05, 0.1) is 12.2 Å². The maximum Gasteiger partial charge on any atom is 0.306 e. The van der Waals surface area contributed by atoms with Gasteiger partial charge >= 0.3 is 5.97 Å². The smallest absolute Gasteiger partial charge is 0.306 e. The quantitative estimate of drug-likeness (QED) is 0.546. The molecule has 4 saturated carbocycles. The van der Waals surface area contributed by atoms with Crippen molar-refractivity contribution in [3.63, 3.8) is 0 Å². The highest BCUT2D eigenvalue weighted by Crippen LogP contribution is 2.67. The first-order chi connectivity index (χ1) is 12.9. The molecule has 150 valence electrons. The lowest BCUT2D eigenvalue weighted by atomic mass is 9.45. The summed E-state index contributed by atoms with van der Waals surface area (Å²) in [6, 6.07) is 0. The van der Waals surface area contributed by atoms with Crippen LogP contribution in [0.5, 0.6) is 0 Å². The number of hydrogen-bond acceptors (Lipinski definition) is 4. The van der Waals surface area contributed by atoms with E-state index in [1.165, 1.54) is 6.42 Å². The topological polar surface area (TPSA) is 55.9 Å². The van der Waals surface area contributed by atoms with Crippen LogP contribution in [0.25, 0.3) is 0 Å². The Hall–Kier alpha value is -0.900. The third-order valence-electron chi connectivity index (χ3n) is 9.34. The Bertz CT molecular complexity index is 659. The van der Waals surface area contributed by atoms with Gasteiger partial charge in [0, 0.05) is 24.2 Å². The van der Waals surface area contributed by atoms with Crippen LogP contribution >= 0.6 is 0 Å². The summed E-state index contributed by atoms with van der Waals surface area (Å²) in [4.78, 5) is 25.3. The van der Waals surface area contributed by atoms with Gasteiger partial charge in [-0.25, -0.2) is 0 Å². The van der Waals surface area contributed by atoms with Crippen molar-refractivity contribution in [3.05, 3.63) is 0 Å². The summed E-state index contributed by atoms with van der Waals surface area (Å²) in [6.45, 7) is 6.75. The number of fused-ring (bicyclic) bond motifs is 6. The molecule has 1 heterocycles. The molecule has 5 aliphatic rings. The monoisotopic (exact) mass is 374 g/mol. The van der Waals surface area contributed by atoms with Crippen molar-refractivity contribution in [1.82, 2.24) is 0 Å². The van der Waals surface area contributed by atoms with E-state index in [1.54, 1.807) is 0 Å². The van der Waals surface area contributed by atoms with Crippen molar-refractivity contribution in [2.24, 2.45) is 34.5 Å². The number of esters is 1. The second-order valence-corrected chi connectivity index (χ2v) is 10.6. The first kappa shape index (κ1) is 18.1. The highest BCUT2D eigenvalue weighted by molar-refractivity contribution is 5.83. The van der Waals surface area contributed by atoms with Crippen molar-refractivity contribution in [2.75, 3.05) is 0 Å². The summed E-state index contributed by atoms with van der Waals surface area (Å²) in [6.07, 6.45) is 9.37. The van der Waals surface area contributed by atoms with Crippen LogP contribution in [-0.2, 0) is 19.1 Å². The molecule has 4 nitrogen and oxygen atoms in total. The summed E-state index contributed by atoms with van der Waals surface area (Å²) in [5.74, 6) is 2.30. The Morgan fingerprint density at radius 1 is 1.15 bits per heavy atom. The highest BCUT2D eigenvalue weighted by atomic mass is 16.6. The molecule has 4 heteroatoms. The van der Waals surface area contributed by atoms with E-state index in [2.05, 4.69) is 13.8 Å². The zero-order chi connectivity index (χ0) is 19.0. The van der Waals surface area contributed by atoms with Crippen LogP contribution in [0.3, 0.4) is 0 Å². The molecule has 0 aromatic heterocycles. The van der Waals surface area contributed by atoms with Crippen molar-refractivity contribution in [2.45, 2.75) is 96.9 Å². The molecular weight excluding hydrogens is 340 g/mol. The van der Waals surface area contributed by atoms with Crippen molar-refractivity contribution in [1.29, 1.82) is 0 Å². The first-order valence-electron chi connectivity index (χ1n) is 11.2. The number of rotatable bonds is 3. The lowest BCUT2D eigenvalue weighted by Gasteiger charge is -2.58. The van der Waals surface area contributed by atoms with Gasteiger partial charge in [0.1, 0.15) is 11.9 Å². The van der Waals surface area contributed by atoms with Crippen LogP contribution in [0.4, 0.5) is 0 Å². The maximum absolute atomic E-state index is 13.1. The second kappa shape index (κ2) is 6.05. The number of carbonyl (C=O) groups is 2. The summed E-state index contributed by atoms with van der Waals surface area (Å²) in [5.41, 5.74) is 0.178. The molecule has 0 spiro atoms. The fourth-order valence-corrected chi connectivity index (χ4v) is 7.89. The third-order valence-corrected chi connectivity index (χ3v) is 9.34. The van der Waals surface area contributed by atoms with Crippen molar-refractivity contribution >= 4 is 11.8 Å². The zero-order valence-electron chi connectivity index (χ0n) is 17.0. The molecular formula is C23H34O4. The molecule has 0 unspecified atom stereocenters. The number of carbonyl (C=O) groups excluding carboxylic acids is 2. The molecule has 9 atom stereocenters. The number of epoxide rings is 1. The average Bonchev–Trinajstić information content (AvgIpc) is 3.28. The van der Waals surface area contributed by atoms with Gasteiger partial charge in [0.2, 0.25) is 0 Å². The van der Waals surface area contributed by atoms with Gasteiger partial charge in [-0.2, -0.15) is 0 Å². The maximum atomic E-state index is 13.1. The summed E-state index contributed by atoms with van der Waals surface area (Å²) >= 11 is 0. The minimum atomic E-state index is -0.0394. The first-order valence-corrected chi connectivity index (χ1v) is 11.2. The normalized spacial score (nSPS) is 53.0. The number of ether oxygens (including phenoxy) is 2. The second-order valence-electron chi connectivity index (χ2n) is 10.6. The molecule has 27 heavy (non-hydrogen) atoms. The molecule has 0 aromatic rings. The molecule has 0 aromatic carbocycles. The van der Waals surface area contributed by atoms with Gasteiger partial charge in [-0.15, -0.1) is 0 Å². The van der Waals surface area contributed by atoms with Crippen LogP contribution in [-0.4, -0.2) is 30.1 Å². The number of ketones is 1. The van der Waals surface area contributed by atoms with E-state index in [9.17, 15) is 9.59 Å². The summed E-state index contributed by atoms with van der Waals surface area (Å²) in [7, 11) is 0. The fourth-order valence-electron chi connectivity index (χ4n) is 7.89. The predicted molar refractivity (Wildman–Crippen MR) is 101 cm³/mol. The van der Waals surface area contributed by atoms with Crippen LogP contribution in [0.1, 0.15) is 78.6 Å². The lowest BCUT2D eigenvalue weighted by Crippen LogP contribution is -2.57. The molecule has 5 fully saturated rings. The Morgan fingerprint density at radius 3 is 2.70 bits per heavy atom. The van der Waals surface area contributed by atoms with Gasteiger partial charge in [0.25, 0.3) is 0 Å². The molecule has 1 aliphatic heterocycles. The van der Waals surface area contributed by atoms with E-state index in [4.69, 9.17) is 9.47 Å². The third kappa shape index (κ3) is 2.58. The summed E-state index contributed by atoms with van der Waals surface area (Å²) in [5, 5.41) is 0.